The molecular formula is C18H15NO6. The first-order valence-corrected chi connectivity index (χ1v) is 7.53. The molecule has 0 N–H and O–H groups in total. The van der Waals surface area contributed by atoms with Gasteiger partial charge in [-0.05, 0) is 35.9 Å². The molecular weight excluding hydrogens is 326 g/mol. The van der Waals surface area contributed by atoms with Gasteiger partial charge >= 0.3 is 5.69 Å². The summed E-state index contributed by atoms with van der Waals surface area (Å²) < 4.78 is 15.8. The number of nitrogens with zero attached hydrogens (tertiary/aromatic N) is 1. The van der Waals surface area contributed by atoms with Crippen molar-refractivity contribution >= 4 is 17.5 Å². The van der Waals surface area contributed by atoms with Crippen LogP contribution in [0.2, 0.25) is 0 Å². The fourth-order valence-electron chi connectivity index (χ4n) is 2.42. The predicted molar refractivity (Wildman–Crippen MR) is 90.4 cm³/mol. The summed E-state index contributed by atoms with van der Waals surface area (Å²) in [4.78, 5) is 22.8. The number of ether oxygens (including phenoxy) is 3. The molecule has 0 saturated carbocycles. The zero-order chi connectivity index (χ0) is 17.8. The van der Waals surface area contributed by atoms with Crippen LogP contribution < -0.4 is 14.2 Å². The van der Waals surface area contributed by atoms with Crippen molar-refractivity contribution in [2.24, 2.45) is 0 Å². The van der Waals surface area contributed by atoms with Crippen LogP contribution in [0, 0.1) is 10.1 Å². The SMILES string of the molecule is COc1ccc(/C=C/C(=O)c2ccc3c(c2)OCCO3)cc1[N+](=O)[O-]. The van der Waals surface area contributed by atoms with E-state index < -0.39 is 4.92 Å². The van der Waals surface area contributed by atoms with Crippen molar-refractivity contribution in [2.45, 2.75) is 0 Å². The Morgan fingerprint density at radius 2 is 1.92 bits per heavy atom. The molecule has 1 heterocycles. The van der Waals surface area contributed by atoms with E-state index in [2.05, 4.69) is 0 Å². The fourth-order valence-corrected chi connectivity index (χ4v) is 2.42. The summed E-state index contributed by atoms with van der Waals surface area (Å²) in [6.07, 6.45) is 2.88. The van der Waals surface area contributed by atoms with E-state index in [-0.39, 0.29) is 17.2 Å². The third-order valence-electron chi connectivity index (χ3n) is 3.65. The Bertz CT molecular complexity index is 859. The quantitative estimate of drug-likeness (QED) is 0.359. The fraction of sp³-hybridized carbons (Fsp3) is 0.167. The van der Waals surface area contributed by atoms with Gasteiger partial charge in [0, 0.05) is 11.6 Å². The van der Waals surface area contributed by atoms with E-state index in [1.165, 1.54) is 31.4 Å². The molecule has 0 amide bonds. The summed E-state index contributed by atoms with van der Waals surface area (Å²) in [6, 6.07) is 9.44. The molecule has 2 aromatic rings. The average molecular weight is 341 g/mol. The molecule has 0 atom stereocenters. The number of methoxy groups -OCH3 is 1. The molecule has 0 fully saturated rings. The predicted octanol–water partition coefficient (Wildman–Crippen LogP) is 3.27. The van der Waals surface area contributed by atoms with Crippen molar-refractivity contribution in [3.63, 3.8) is 0 Å². The van der Waals surface area contributed by atoms with Gasteiger partial charge in [0.2, 0.25) is 0 Å². The van der Waals surface area contributed by atoms with Crippen molar-refractivity contribution in [1.82, 2.24) is 0 Å². The standard InChI is InChI=1S/C18H15NO6/c1-23-16-6-3-12(10-14(16)19(21)22)2-5-15(20)13-4-7-17-18(11-13)25-9-8-24-17/h2-7,10-11H,8-9H2,1H3/b5-2+. The van der Waals surface area contributed by atoms with Crippen LogP contribution in [0.5, 0.6) is 17.2 Å². The molecule has 0 radical (unpaired) electrons. The molecule has 0 aromatic heterocycles. The maximum atomic E-state index is 12.3. The van der Waals surface area contributed by atoms with Crippen LogP contribution in [0.25, 0.3) is 6.08 Å². The Balaban J connectivity index is 1.81. The molecule has 3 rings (SSSR count). The van der Waals surface area contributed by atoms with Crippen LogP contribution in [0.1, 0.15) is 15.9 Å². The number of allylic oxidation sites excluding steroid dienone is 1. The largest absolute Gasteiger partial charge is 0.490 e. The summed E-state index contributed by atoms with van der Waals surface area (Å²) in [6.45, 7) is 0.923. The highest BCUT2D eigenvalue weighted by molar-refractivity contribution is 6.07. The van der Waals surface area contributed by atoms with E-state index in [0.717, 1.165) is 0 Å². The number of carbonyl (C=O) groups excluding carboxylic acids is 1. The molecule has 1 aliphatic heterocycles. The summed E-state index contributed by atoms with van der Waals surface area (Å²) in [5.41, 5.74) is 0.818. The lowest BCUT2D eigenvalue weighted by Crippen LogP contribution is -2.15. The summed E-state index contributed by atoms with van der Waals surface area (Å²) in [5, 5.41) is 11.0. The van der Waals surface area contributed by atoms with Gasteiger partial charge in [0.1, 0.15) is 13.2 Å². The molecule has 0 spiro atoms. The van der Waals surface area contributed by atoms with Crippen LogP contribution in [0.15, 0.2) is 42.5 Å². The molecule has 0 saturated heterocycles. The number of ketones is 1. The minimum absolute atomic E-state index is 0.156. The van der Waals surface area contributed by atoms with E-state index in [9.17, 15) is 14.9 Å². The van der Waals surface area contributed by atoms with E-state index in [1.807, 2.05) is 0 Å². The number of nitro benzene ring substituents is 1. The Kier molecular flexibility index (Phi) is 4.65. The second-order valence-corrected chi connectivity index (χ2v) is 5.24. The number of benzene rings is 2. The number of rotatable bonds is 5. The van der Waals surface area contributed by atoms with Crippen LogP contribution in [-0.2, 0) is 0 Å². The van der Waals surface area contributed by atoms with Gasteiger partial charge in [0.25, 0.3) is 0 Å². The Morgan fingerprint density at radius 3 is 2.64 bits per heavy atom. The maximum Gasteiger partial charge on any atom is 0.311 e. The number of hydrogen-bond acceptors (Lipinski definition) is 6. The highest BCUT2D eigenvalue weighted by Crippen LogP contribution is 2.31. The Morgan fingerprint density at radius 1 is 1.16 bits per heavy atom. The molecule has 2 aromatic carbocycles. The molecule has 0 aliphatic carbocycles. The van der Waals surface area contributed by atoms with Crippen molar-refractivity contribution in [1.29, 1.82) is 0 Å². The van der Waals surface area contributed by atoms with Crippen molar-refractivity contribution in [3.05, 3.63) is 63.7 Å². The zero-order valence-electron chi connectivity index (χ0n) is 13.4. The highest BCUT2D eigenvalue weighted by Gasteiger charge is 2.15. The van der Waals surface area contributed by atoms with Gasteiger partial charge in [-0.25, -0.2) is 0 Å². The third kappa shape index (κ3) is 3.60. The number of nitro groups is 1. The van der Waals surface area contributed by atoms with E-state index in [1.54, 1.807) is 24.3 Å². The monoisotopic (exact) mass is 341 g/mol. The zero-order valence-corrected chi connectivity index (χ0v) is 13.4. The van der Waals surface area contributed by atoms with Crippen LogP contribution in [-0.4, -0.2) is 31.0 Å². The number of hydrogen-bond donors (Lipinski definition) is 0. The molecule has 0 bridgehead atoms. The first-order valence-electron chi connectivity index (χ1n) is 7.53. The van der Waals surface area contributed by atoms with Gasteiger partial charge in [0.05, 0.1) is 12.0 Å². The third-order valence-corrected chi connectivity index (χ3v) is 3.65. The lowest BCUT2D eigenvalue weighted by molar-refractivity contribution is -0.385. The van der Waals surface area contributed by atoms with Crippen molar-refractivity contribution in [2.75, 3.05) is 20.3 Å². The Labute approximate surface area is 143 Å². The van der Waals surface area contributed by atoms with Crippen LogP contribution in [0.3, 0.4) is 0 Å². The van der Waals surface area contributed by atoms with E-state index >= 15 is 0 Å². The van der Waals surface area contributed by atoms with Gasteiger partial charge in [-0.15, -0.1) is 0 Å². The molecule has 7 heteroatoms. The van der Waals surface area contributed by atoms with Gasteiger partial charge in [-0.1, -0.05) is 12.1 Å². The van der Waals surface area contributed by atoms with Gasteiger partial charge < -0.3 is 14.2 Å². The average Bonchev–Trinajstić information content (AvgIpc) is 2.65. The minimum Gasteiger partial charge on any atom is -0.490 e. The first kappa shape index (κ1) is 16.5. The maximum absolute atomic E-state index is 12.3. The molecule has 0 unspecified atom stereocenters. The van der Waals surface area contributed by atoms with Crippen LogP contribution in [0.4, 0.5) is 5.69 Å². The second kappa shape index (κ2) is 7.04. The number of fused-ring (bicyclic) bond motifs is 1. The molecule has 25 heavy (non-hydrogen) atoms. The van der Waals surface area contributed by atoms with Gasteiger partial charge in [-0.2, -0.15) is 0 Å². The van der Waals surface area contributed by atoms with Gasteiger partial charge in [0.15, 0.2) is 23.0 Å². The number of carbonyl (C=O) groups is 1. The van der Waals surface area contributed by atoms with Crippen molar-refractivity contribution < 1.29 is 23.9 Å². The van der Waals surface area contributed by atoms with Crippen molar-refractivity contribution in [3.8, 4) is 17.2 Å². The molecule has 128 valence electrons. The molecule has 7 nitrogen and oxygen atoms in total. The summed E-state index contributed by atoms with van der Waals surface area (Å²) in [7, 11) is 1.36. The highest BCUT2D eigenvalue weighted by atomic mass is 16.6. The summed E-state index contributed by atoms with van der Waals surface area (Å²) >= 11 is 0. The second-order valence-electron chi connectivity index (χ2n) is 5.24. The van der Waals surface area contributed by atoms with Crippen LogP contribution >= 0.6 is 0 Å². The smallest absolute Gasteiger partial charge is 0.311 e. The topological polar surface area (TPSA) is 87.9 Å². The lowest BCUT2D eigenvalue weighted by atomic mass is 10.1. The Hall–Kier alpha value is -3.35. The van der Waals surface area contributed by atoms with E-state index in [4.69, 9.17) is 14.2 Å². The summed E-state index contributed by atoms with van der Waals surface area (Å²) in [5.74, 6) is 1.07. The van der Waals surface area contributed by atoms with E-state index in [0.29, 0.717) is 35.8 Å². The normalized spacial score (nSPS) is 12.8. The van der Waals surface area contributed by atoms with Gasteiger partial charge in [-0.3, -0.25) is 14.9 Å². The lowest BCUT2D eigenvalue weighted by Gasteiger charge is -2.18. The minimum atomic E-state index is -0.529. The first-order chi connectivity index (χ1) is 12.1. The molecule has 1 aliphatic rings.